The molecule has 0 fully saturated rings. The van der Waals surface area contributed by atoms with Gasteiger partial charge in [-0.1, -0.05) is 0 Å². The molecule has 0 amide bonds. The van der Waals surface area contributed by atoms with Gasteiger partial charge in [0.2, 0.25) is 0 Å². The van der Waals surface area contributed by atoms with Crippen molar-refractivity contribution < 1.29 is 19.4 Å². The van der Waals surface area contributed by atoms with Crippen molar-refractivity contribution in [2.24, 2.45) is 0 Å². The topological polar surface area (TPSA) is 52.6 Å². The molecule has 0 saturated carbocycles. The van der Waals surface area contributed by atoms with Gasteiger partial charge < -0.3 is 0 Å². The molecular formula is C12H22O4. The predicted octanol–water partition coefficient (Wildman–Crippen LogP) is 2.45. The minimum absolute atomic E-state index is 0.0398. The van der Waals surface area contributed by atoms with Crippen molar-refractivity contribution in [3.8, 4) is 0 Å². The first kappa shape index (κ1) is 15.3. The molecular weight excluding hydrogens is 208 g/mol. The van der Waals surface area contributed by atoms with E-state index in [1.165, 1.54) is 13.8 Å². The number of carbonyl (C=O) groups is 2. The van der Waals surface area contributed by atoms with Crippen LogP contribution in [0.15, 0.2) is 0 Å². The maximum atomic E-state index is 11.0. The second kappa shape index (κ2) is 5.55. The summed E-state index contributed by atoms with van der Waals surface area (Å²) in [5.74, 6) is 0.0796. The van der Waals surface area contributed by atoms with Gasteiger partial charge in [-0.05, 0) is 41.5 Å². The predicted molar refractivity (Wildman–Crippen MR) is 60.9 cm³/mol. The monoisotopic (exact) mass is 230 g/mol. The highest BCUT2D eigenvalue weighted by molar-refractivity contribution is 5.76. The van der Waals surface area contributed by atoms with E-state index >= 15 is 0 Å². The number of carbonyl (C=O) groups excluding carboxylic acids is 2. The Morgan fingerprint density at radius 3 is 1.25 bits per heavy atom. The van der Waals surface area contributed by atoms with E-state index in [-0.39, 0.29) is 24.4 Å². The van der Waals surface area contributed by atoms with Crippen LogP contribution in [-0.4, -0.2) is 22.8 Å². The highest BCUT2D eigenvalue weighted by Crippen LogP contribution is 2.22. The smallest absolute Gasteiger partial charge is 0.132 e. The molecule has 0 saturated heterocycles. The van der Waals surface area contributed by atoms with Crippen molar-refractivity contribution in [3.63, 3.8) is 0 Å². The maximum absolute atomic E-state index is 11.0. The van der Waals surface area contributed by atoms with Crippen LogP contribution in [-0.2, 0) is 19.4 Å². The third-order valence-electron chi connectivity index (χ3n) is 1.84. The third kappa shape index (κ3) is 7.54. The van der Waals surface area contributed by atoms with Crippen molar-refractivity contribution in [1.29, 1.82) is 0 Å². The summed E-state index contributed by atoms with van der Waals surface area (Å²) < 4.78 is 0. The minimum Gasteiger partial charge on any atom is -0.300 e. The summed E-state index contributed by atoms with van der Waals surface area (Å²) in [6, 6.07) is 0. The fourth-order valence-corrected chi connectivity index (χ4v) is 1.48. The molecule has 0 unspecified atom stereocenters. The quantitative estimate of drug-likeness (QED) is 0.498. The first-order valence-corrected chi connectivity index (χ1v) is 5.40. The van der Waals surface area contributed by atoms with Gasteiger partial charge in [-0.3, -0.25) is 9.59 Å². The van der Waals surface area contributed by atoms with E-state index in [0.717, 1.165) is 0 Å². The third-order valence-corrected chi connectivity index (χ3v) is 1.84. The van der Waals surface area contributed by atoms with Crippen LogP contribution in [0.25, 0.3) is 0 Å². The van der Waals surface area contributed by atoms with Gasteiger partial charge in [-0.2, -0.15) is 0 Å². The zero-order chi connectivity index (χ0) is 13.0. The molecule has 0 aromatic carbocycles. The van der Waals surface area contributed by atoms with Crippen LogP contribution in [0.5, 0.6) is 0 Å². The molecule has 0 heterocycles. The Hall–Kier alpha value is -0.740. The molecule has 0 rings (SSSR count). The number of hydrogen-bond acceptors (Lipinski definition) is 4. The van der Waals surface area contributed by atoms with Crippen LogP contribution < -0.4 is 0 Å². The average molecular weight is 230 g/mol. The summed E-state index contributed by atoms with van der Waals surface area (Å²) in [5.41, 5.74) is -1.33. The van der Waals surface area contributed by atoms with Gasteiger partial charge in [-0.25, -0.2) is 9.78 Å². The molecule has 4 heteroatoms. The summed E-state index contributed by atoms with van der Waals surface area (Å²) in [7, 11) is 0. The zero-order valence-electron chi connectivity index (χ0n) is 11.0. The molecule has 0 bridgehead atoms. The molecule has 94 valence electrons. The van der Waals surface area contributed by atoms with Gasteiger partial charge in [0, 0.05) is 12.8 Å². The lowest BCUT2D eigenvalue weighted by Gasteiger charge is -2.29. The Morgan fingerprint density at radius 1 is 0.812 bits per heavy atom. The Kier molecular flexibility index (Phi) is 5.29. The normalized spacial score (nSPS) is 12.6. The Bertz CT molecular complexity index is 238. The van der Waals surface area contributed by atoms with E-state index in [4.69, 9.17) is 9.78 Å². The van der Waals surface area contributed by atoms with Crippen molar-refractivity contribution in [2.75, 3.05) is 0 Å². The summed E-state index contributed by atoms with van der Waals surface area (Å²) in [5, 5.41) is 0. The van der Waals surface area contributed by atoms with Crippen LogP contribution in [0.2, 0.25) is 0 Å². The second-order valence-electron chi connectivity index (χ2n) is 5.44. The largest absolute Gasteiger partial charge is 0.300 e. The molecule has 0 aliphatic heterocycles. The van der Waals surface area contributed by atoms with E-state index in [0.29, 0.717) is 0 Å². The molecule has 0 aromatic rings. The van der Waals surface area contributed by atoms with E-state index in [1.54, 1.807) is 27.7 Å². The van der Waals surface area contributed by atoms with Crippen molar-refractivity contribution in [3.05, 3.63) is 0 Å². The summed E-state index contributed by atoms with van der Waals surface area (Å²) in [4.78, 5) is 32.4. The molecule has 0 atom stereocenters. The van der Waals surface area contributed by atoms with Crippen molar-refractivity contribution >= 4 is 11.6 Å². The minimum atomic E-state index is -0.667. The zero-order valence-corrected chi connectivity index (χ0v) is 11.0. The van der Waals surface area contributed by atoms with E-state index in [2.05, 4.69) is 0 Å². The standard InChI is InChI=1S/C12H22O4/c1-9(13)7-11(3,4)15-16-12(5,6)8-10(2)14/h7-8H2,1-6H3. The molecule has 0 N–H and O–H groups in total. The highest BCUT2D eigenvalue weighted by Gasteiger charge is 2.28. The molecule has 0 radical (unpaired) electrons. The van der Waals surface area contributed by atoms with Gasteiger partial charge in [0.25, 0.3) is 0 Å². The first-order chi connectivity index (χ1) is 7.04. The molecule has 16 heavy (non-hydrogen) atoms. The van der Waals surface area contributed by atoms with E-state index in [9.17, 15) is 9.59 Å². The Labute approximate surface area is 97.2 Å². The number of rotatable bonds is 7. The molecule has 0 aromatic heterocycles. The lowest BCUT2D eigenvalue weighted by molar-refractivity contribution is -0.399. The number of ketones is 2. The molecule has 0 aliphatic carbocycles. The van der Waals surface area contributed by atoms with Crippen LogP contribution in [0.4, 0.5) is 0 Å². The van der Waals surface area contributed by atoms with Crippen molar-refractivity contribution in [1.82, 2.24) is 0 Å². The fraction of sp³-hybridized carbons (Fsp3) is 0.833. The van der Waals surface area contributed by atoms with E-state index in [1.807, 2.05) is 0 Å². The maximum Gasteiger partial charge on any atom is 0.132 e. The summed E-state index contributed by atoms with van der Waals surface area (Å²) >= 11 is 0. The number of Topliss-reactive ketones (excluding diaryl/α,β-unsaturated/α-hetero) is 2. The molecule has 0 spiro atoms. The van der Waals surface area contributed by atoms with Gasteiger partial charge in [0.05, 0.1) is 0 Å². The van der Waals surface area contributed by atoms with Gasteiger partial charge in [0.1, 0.15) is 22.8 Å². The average Bonchev–Trinajstić information content (AvgIpc) is 1.96. The summed E-state index contributed by atoms with van der Waals surface area (Å²) in [6.07, 6.45) is 0.562. The second-order valence-corrected chi connectivity index (χ2v) is 5.44. The van der Waals surface area contributed by atoms with Crippen LogP contribution in [0.3, 0.4) is 0 Å². The lowest BCUT2D eigenvalue weighted by atomic mass is 10.0. The van der Waals surface area contributed by atoms with Crippen LogP contribution in [0.1, 0.15) is 54.4 Å². The number of hydrogen-bond donors (Lipinski definition) is 0. The Balaban J connectivity index is 4.21. The lowest BCUT2D eigenvalue weighted by Crippen LogP contribution is -2.35. The van der Waals surface area contributed by atoms with Gasteiger partial charge in [0.15, 0.2) is 0 Å². The Morgan fingerprint density at radius 2 is 1.06 bits per heavy atom. The van der Waals surface area contributed by atoms with Gasteiger partial charge in [-0.15, -0.1) is 0 Å². The van der Waals surface area contributed by atoms with Crippen LogP contribution in [0, 0.1) is 0 Å². The SMILES string of the molecule is CC(=O)CC(C)(C)OOC(C)(C)CC(C)=O. The highest BCUT2D eigenvalue weighted by atomic mass is 17.2. The summed E-state index contributed by atoms with van der Waals surface area (Å²) in [6.45, 7) is 10.1. The fourth-order valence-electron chi connectivity index (χ4n) is 1.48. The van der Waals surface area contributed by atoms with Gasteiger partial charge >= 0.3 is 0 Å². The van der Waals surface area contributed by atoms with E-state index < -0.39 is 11.2 Å². The molecule has 4 nitrogen and oxygen atoms in total. The van der Waals surface area contributed by atoms with Crippen molar-refractivity contribution in [2.45, 2.75) is 65.6 Å². The first-order valence-electron chi connectivity index (χ1n) is 5.40. The van der Waals surface area contributed by atoms with Crippen LogP contribution >= 0.6 is 0 Å². The molecule has 0 aliphatic rings.